The Bertz CT molecular complexity index is 785. The lowest BCUT2D eigenvalue weighted by Gasteiger charge is -2.17. The molecule has 1 heterocycles. The fourth-order valence-electron chi connectivity index (χ4n) is 2.54. The summed E-state index contributed by atoms with van der Waals surface area (Å²) >= 11 is 0. The van der Waals surface area contributed by atoms with Gasteiger partial charge in [-0.25, -0.2) is 9.48 Å². The van der Waals surface area contributed by atoms with Crippen LogP contribution in [0.1, 0.15) is 39.4 Å². The SMILES string of the molecule is Cc1nn(C(F)F)c(C)c1CC(=O)N(C)Cc1ccc(C(=O)O)cc1. The molecule has 2 rings (SSSR count). The van der Waals surface area contributed by atoms with Crippen LogP contribution >= 0.6 is 0 Å². The number of carboxylic acids is 1. The minimum absolute atomic E-state index is 0.0197. The molecule has 1 amide bonds. The molecule has 6 nitrogen and oxygen atoms in total. The van der Waals surface area contributed by atoms with Gasteiger partial charge in [-0.15, -0.1) is 0 Å². The third kappa shape index (κ3) is 4.20. The van der Waals surface area contributed by atoms with Crippen molar-refractivity contribution in [2.24, 2.45) is 0 Å². The molecule has 0 radical (unpaired) electrons. The van der Waals surface area contributed by atoms with Crippen molar-refractivity contribution in [1.29, 1.82) is 0 Å². The van der Waals surface area contributed by atoms with Crippen molar-refractivity contribution in [1.82, 2.24) is 14.7 Å². The van der Waals surface area contributed by atoms with E-state index in [-0.39, 0.29) is 23.6 Å². The van der Waals surface area contributed by atoms with Crippen molar-refractivity contribution in [2.75, 3.05) is 7.05 Å². The number of nitrogens with zero attached hydrogens (tertiary/aromatic N) is 3. The van der Waals surface area contributed by atoms with Gasteiger partial charge in [-0.05, 0) is 31.5 Å². The number of hydrogen-bond donors (Lipinski definition) is 1. The van der Waals surface area contributed by atoms with Gasteiger partial charge in [-0.2, -0.15) is 13.9 Å². The molecule has 0 aliphatic carbocycles. The van der Waals surface area contributed by atoms with Crippen molar-refractivity contribution in [3.63, 3.8) is 0 Å². The standard InChI is InChI=1S/C17H19F2N3O3/c1-10-14(11(2)22(20-10)17(18)19)8-15(23)21(3)9-12-4-6-13(7-5-12)16(24)25/h4-7,17H,8-9H2,1-3H3,(H,24,25). The van der Waals surface area contributed by atoms with Crippen LogP contribution in [0.25, 0.3) is 0 Å². The van der Waals surface area contributed by atoms with Gasteiger partial charge in [0.05, 0.1) is 17.7 Å². The molecule has 0 fully saturated rings. The predicted octanol–water partition coefficient (Wildman–Crippen LogP) is 2.79. The molecular formula is C17H19F2N3O3. The Hall–Kier alpha value is -2.77. The largest absolute Gasteiger partial charge is 0.478 e. The minimum atomic E-state index is -2.74. The summed E-state index contributed by atoms with van der Waals surface area (Å²) in [6, 6.07) is 6.21. The van der Waals surface area contributed by atoms with Crippen LogP contribution in [0, 0.1) is 13.8 Å². The van der Waals surface area contributed by atoms with E-state index in [1.807, 2.05) is 0 Å². The second-order valence-corrected chi connectivity index (χ2v) is 5.80. The average molecular weight is 351 g/mol. The minimum Gasteiger partial charge on any atom is -0.478 e. The smallest absolute Gasteiger partial charge is 0.335 e. The Balaban J connectivity index is 2.07. The molecule has 25 heavy (non-hydrogen) atoms. The van der Waals surface area contributed by atoms with E-state index in [0.717, 1.165) is 5.56 Å². The number of carboxylic acid groups (broad SMARTS) is 1. The number of carbonyl (C=O) groups excluding carboxylic acids is 1. The highest BCUT2D eigenvalue weighted by atomic mass is 19.3. The quantitative estimate of drug-likeness (QED) is 0.868. The molecule has 0 spiro atoms. The zero-order chi connectivity index (χ0) is 18.7. The molecule has 134 valence electrons. The van der Waals surface area contributed by atoms with E-state index < -0.39 is 12.5 Å². The molecular weight excluding hydrogens is 332 g/mol. The first kappa shape index (κ1) is 18.6. The molecule has 0 atom stereocenters. The van der Waals surface area contributed by atoms with E-state index in [1.54, 1.807) is 26.1 Å². The Morgan fingerprint density at radius 2 is 1.84 bits per heavy atom. The molecule has 1 aromatic heterocycles. The van der Waals surface area contributed by atoms with Crippen LogP contribution in [0.4, 0.5) is 8.78 Å². The van der Waals surface area contributed by atoms with E-state index in [0.29, 0.717) is 22.5 Å². The first-order valence-corrected chi connectivity index (χ1v) is 7.59. The van der Waals surface area contributed by atoms with E-state index in [4.69, 9.17) is 5.11 Å². The summed E-state index contributed by atoms with van der Waals surface area (Å²) in [7, 11) is 1.61. The van der Waals surface area contributed by atoms with Crippen LogP contribution in [0.15, 0.2) is 24.3 Å². The van der Waals surface area contributed by atoms with Gasteiger partial charge in [-0.3, -0.25) is 4.79 Å². The van der Waals surface area contributed by atoms with E-state index >= 15 is 0 Å². The van der Waals surface area contributed by atoms with Crippen molar-refractivity contribution in [3.05, 3.63) is 52.3 Å². The van der Waals surface area contributed by atoms with Gasteiger partial charge in [0, 0.05) is 24.8 Å². The van der Waals surface area contributed by atoms with Crippen molar-refractivity contribution >= 4 is 11.9 Å². The lowest BCUT2D eigenvalue weighted by molar-refractivity contribution is -0.129. The first-order valence-electron chi connectivity index (χ1n) is 7.59. The second kappa shape index (κ2) is 7.42. The van der Waals surface area contributed by atoms with Gasteiger partial charge in [0.1, 0.15) is 0 Å². The average Bonchev–Trinajstić information content (AvgIpc) is 2.83. The van der Waals surface area contributed by atoms with Crippen LogP contribution in [-0.4, -0.2) is 38.7 Å². The molecule has 0 saturated heterocycles. The van der Waals surface area contributed by atoms with Crippen LogP contribution in [0.5, 0.6) is 0 Å². The Morgan fingerprint density at radius 3 is 2.32 bits per heavy atom. The number of carbonyl (C=O) groups is 2. The number of aryl methyl sites for hydroxylation is 1. The fraction of sp³-hybridized carbons (Fsp3) is 0.353. The van der Waals surface area contributed by atoms with Gasteiger partial charge in [0.15, 0.2) is 0 Å². The maximum Gasteiger partial charge on any atom is 0.335 e. The van der Waals surface area contributed by atoms with Crippen LogP contribution < -0.4 is 0 Å². The van der Waals surface area contributed by atoms with Gasteiger partial charge >= 0.3 is 12.5 Å². The summed E-state index contributed by atoms with van der Waals surface area (Å²) in [6.45, 7) is 0.659. The predicted molar refractivity (Wildman–Crippen MR) is 86.5 cm³/mol. The lowest BCUT2D eigenvalue weighted by Crippen LogP contribution is -2.28. The van der Waals surface area contributed by atoms with Gasteiger partial charge in [-0.1, -0.05) is 12.1 Å². The van der Waals surface area contributed by atoms with Crippen molar-refractivity contribution in [3.8, 4) is 0 Å². The zero-order valence-corrected chi connectivity index (χ0v) is 14.2. The maximum atomic E-state index is 12.9. The zero-order valence-electron chi connectivity index (χ0n) is 14.2. The summed E-state index contributed by atoms with van der Waals surface area (Å²) < 4.78 is 26.3. The molecule has 0 bridgehead atoms. The molecule has 0 aliphatic rings. The summed E-state index contributed by atoms with van der Waals surface area (Å²) in [5, 5.41) is 12.6. The van der Waals surface area contributed by atoms with Crippen LogP contribution in [0.2, 0.25) is 0 Å². The van der Waals surface area contributed by atoms with Crippen LogP contribution in [0.3, 0.4) is 0 Å². The van der Waals surface area contributed by atoms with E-state index in [2.05, 4.69) is 5.10 Å². The normalized spacial score (nSPS) is 11.0. The Morgan fingerprint density at radius 1 is 1.24 bits per heavy atom. The number of halogens is 2. The number of alkyl halides is 2. The summed E-state index contributed by atoms with van der Waals surface area (Å²) in [4.78, 5) is 24.7. The molecule has 0 saturated carbocycles. The summed E-state index contributed by atoms with van der Waals surface area (Å²) in [5.41, 5.74) is 2.13. The number of rotatable bonds is 6. The number of aromatic carboxylic acids is 1. The maximum absolute atomic E-state index is 12.9. The first-order chi connectivity index (χ1) is 11.7. The summed E-state index contributed by atoms with van der Waals surface area (Å²) in [5.74, 6) is -1.25. The van der Waals surface area contributed by atoms with Crippen LogP contribution in [-0.2, 0) is 17.8 Å². The third-order valence-corrected chi connectivity index (χ3v) is 4.03. The lowest BCUT2D eigenvalue weighted by atomic mass is 10.1. The second-order valence-electron chi connectivity index (χ2n) is 5.80. The van der Waals surface area contributed by atoms with Gasteiger partial charge in [0.25, 0.3) is 0 Å². The summed E-state index contributed by atoms with van der Waals surface area (Å²) in [6.07, 6.45) is -0.0197. The third-order valence-electron chi connectivity index (χ3n) is 4.03. The number of aromatic nitrogens is 2. The molecule has 2 aromatic rings. The van der Waals surface area contributed by atoms with Gasteiger partial charge in [0.2, 0.25) is 5.91 Å². The Kier molecular flexibility index (Phi) is 5.51. The fourth-order valence-corrected chi connectivity index (χ4v) is 2.54. The topological polar surface area (TPSA) is 75.4 Å². The molecule has 0 aliphatic heterocycles. The monoisotopic (exact) mass is 351 g/mol. The highest BCUT2D eigenvalue weighted by Crippen LogP contribution is 2.20. The number of amides is 1. The molecule has 1 N–H and O–H groups in total. The number of likely N-dealkylation sites (N-methyl/N-ethyl adjacent to an activating group) is 1. The van der Waals surface area contributed by atoms with E-state index in [1.165, 1.54) is 24.0 Å². The number of hydrogen-bond acceptors (Lipinski definition) is 3. The molecule has 0 unspecified atom stereocenters. The van der Waals surface area contributed by atoms with Gasteiger partial charge < -0.3 is 10.0 Å². The molecule has 1 aromatic carbocycles. The van der Waals surface area contributed by atoms with E-state index in [9.17, 15) is 18.4 Å². The number of benzene rings is 1. The van der Waals surface area contributed by atoms with Crippen molar-refractivity contribution < 1.29 is 23.5 Å². The van der Waals surface area contributed by atoms with Crippen molar-refractivity contribution in [2.45, 2.75) is 33.4 Å². The highest BCUT2D eigenvalue weighted by Gasteiger charge is 2.20. The molecule has 8 heteroatoms. The Labute approximate surface area is 143 Å². The highest BCUT2D eigenvalue weighted by molar-refractivity contribution is 5.87.